The van der Waals surface area contributed by atoms with Crippen LogP contribution in [0.25, 0.3) is 22.5 Å². The lowest BCUT2D eigenvalue weighted by Crippen LogP contribution is -2.12. The lowest BCUT2D eigenvalue weighted by molar-refractivity contribution is -0.389. The highest BCUT2D eigenvalue weighted by Gasteiger charge is 2.19. The molecule has 2 heterocycles. The zero-order valence-corrected chi connectivity index (χ0v) is 16.5. The molecule has 7 nitrogen and oxygen atoms in total. The average molecular weight is 387 g/mol. The Hall–Kier alpha value is -3.74. The smallest absolute Gasteiger partial charge is 0.358 e. The van der Waals surface area contributed by atoms with E-state index < -0.39 is 4.92 Å². The molecule has 0 fully saturated rings. The van der Waals surface area contributed by atoms with Crippen molar-refractivity contribution in [1.82, 2.24) is 19.6 Å². The Morgan fingerprint density at radius 1 is 0.862 bits per heavy atom. The molecule has 0 aliphatic heterocycles. The number of aryl methyl sites for hydroxylation is 2. The Morgan fingerprint density at radius 2 is 1.45 bits per heavy atom. The van der Waals surface area contributed by atoms with Crippen molar-refractivity contribution >= 4 is 5.82 Å². The molecule has 2 aromatic heterocycles. The summed E-state index contributed by atoms with van der Waals surface area (Å²) in [5.74, 6) is -0.176. The first-order valence-corrected chi connectivity index (χ1v) is 9.31. The Kier molecular flexibility index (Phi) is 4.72. The van der Waals surface area contributed by atoms with Gasteiger partial charge in [0.05, 0.1) is 28.7 Å². The predicted octanol–water partition coefficient (Wildman–Crippen LogP) is 4.75. The van der Waals surface area contributed by atoms with Gasteiger partial charge in [0.15, 0.2) is 6.67 Å². The first-order chi connectivity index (χ1) is 13.9. The van der Waals surface area contributed by atoms with Crippen molar-refractivity contribution in [3.8, 4) is 22.5 Å². The van der Waals surface area contributed by atoms with Gasteiger partial charge in [0.25, 0.3) is 0 Å². The zero-order chi connectivity index (χ0) is 20.5. The number of rotatable bonds is 5. The molecule has 0 unspecified atom stereocenters. The number of hydrogen-bond donors (Lipinski definition) is 0. The van der Waals surface area contributed by atoms with Crippen molar-refractivity contribution < 1.29 is 4.92 Å². The summed E-state index contributed by atoms with van der Waals surface area (Å²) in [6.07, 6.45) is 1.60. The van der Waals surface area contributed by atoms with E-state index in [4.69, 9.17) is 5.10 Å². The number of nitrogens with zero attached hydrogens (tertiary/aromatic N) is 5. The van der Waals surface area contributed by atoms with Crippen LogP contribution >= 0.6 is 0 Å². The first kappa shape index (κ1) is 18.6. The van der Waals surface area contributed by atoms with E-state index in [0.717, 1.165) is 28.1 Å². The van der Waals surface area contributed by atoms with Gasteiger partial charge in [-0.05, 0) is 25.7 Å². The SMILES string of the molecule is Cc1ccc(-c2nn(Cn3ccc([N+](=O)[O-])n3)c(-c3ccc(C)cc3)c2C)cc1. The minimum atomic E-state index is -0.497. The van der Waals surface area contributed by atoms with Gasteiger partial charge in [-0.25, -0.2) is 4.68 Å². The summed E-state index contributed by atoms with van der Waals surface area (Å²) in [6, 6.07) is 17.9. The van der Waals surface area contributed by atoms with Crippen molar-refractivity contribution in [1.29, 1.82) is 0 Å². The minimum absolute atomic E-state index is 0.176. The second-order valence-electron chi connectivity index (χ2n) is 7.17. The summed E-state index contributed by atoms with van der Waals surface area (Å²) in [7, 11) is 0. The summed E-state index contributed by atoms with van der Waals surface area (Å²) >= 11 is 0. The van der Waals surface area contributed by atoms with Crippen molar-refractivity contribution in [2.75, 3.05) is 0 Å². The molecular weight excluding hydrogens is 366 g/mol. The summed E-state index contributed by atoms with van der Waals surface area (Å²) < 4.78 is 3.38. The van der Waals surface area contributed by atoms with E-state index in [1.54, 1.807) is 6.20 Å². The maximum atomic E-state index is 11.0. The summed E-state index contributed by atoms with van der Waals surface area (Å²) in [6.45, 7) is 6.44. The number of hydrogen-bond acceptors (Lipinski definition) is 4. The average Bonchev–Trinajstić information content (AvgIpc) is 3.29. The van der Waals surface area contributed by atoms with Crippen LogP contribution in [0.5, 0.6) is 0 Å². The van der Waals surface area contributed by atoms with Crippen LogP contribution < -0.4 is 0 Å². The van der Waals surface area contributed by atoms with Crippen LogP contribution in [-0.4, -0.2) is 24.5 Å². The molecule has 0 atom stereocenters. The van der Waals surface area contributed by atoms with Crippen LogP contribution in [0.3, 0.4) is 0 Å². The third-order valence-electron chi connectivity index (χ3n) is 4.93. The van der Waals surface area contributed by atoms with Gasteiger partial charge in [-0.15, -0.1) is 0 Å². The molecule has 4 aromatic rings. The van der Waals surface area contributed by atoms with E-state index in [2.05, 4.69) is 74.4 Å². The Labute approximate surface area is 168 Å². The van der Waals surface area contributed by atoms with Crippen LogP contribution in [0.2, 0.25) is 0 Å². The molecule has 0 amide bonds. The van der Waals surface area contributed by atoms with Crippen molar-refractivity contribution in [2.45, 2.75) is 27.4 Å². The van der Waals surface area contributed by atoms with Gasteiger partial charge in [0, 0.05) is 16.7 Å². The lowest BCUT2D eigenvalue weighted by atomic mass is 10.0. The third kappa shape index (κ3) is 3.67. The molecule has 146 valence electrons. The molecule has 0 aliphatic rings. The molecule has 0 bridgehead atoms. The van der Waals surface area contributed by atoms with Crippen LogP contribution in [0.4, 0.5) is 5.82 Å². The fourth-order valence-electron chi connectivity index (χ4n) is 3.38. The maximum absolute atomic E-state index is 11.0. The first-order valence-electron chi connectivity index (χ1n) is 9.31. The van der Waals surface area contributed by atoms with Crippen LogP contribution in [0, 0.1) is 30.9 Å². The lowest BCUT2D eigenvalue weighted by Gasteiger charge is -2.08. The Balaban J connectivity index is 1.83. The van der Waals surface area contributed by atoms with Gasteiger partial charge in [0.2, 0.25) is 0 Å². The van der Waals surface area contributed by atoms with E-state index in [1.165, 1.54) is 21.9 Å². The van der Waals surface area contributed by atoms with E-state index in [1.807, 2.05) is 4.68 Å². The number of nitro groups is 1. The van der Waals surface area contributed by atoms with Gasteiger partial charge in [-0.2, -0.15) is 9.78 Å². The largest absolute Gasteiger partial charge is 0.389 e. The summed E-state index contributed by atoms with van der Waals surface area (Å²) in [5, 5.41) is 19.8. The molecule has 0 radical (unpaired) electrons. The quantitative estimate of drug-likeness (QED) is 0.365. The van der Waals surface area contributed by atoms with Crippen LogP contribution in [0.1, 0.15) is 16.7 Å². The fourth-order valence-corrected chi connectivity index (χ4v) is 3.38. The van der Waals surface area contributed by atoms with E-state index in [-0.39, 0.29) is 12.5 Å². The molecule has 7 heteroatoms. The molecule has 29 heavy (non-hydrogen) atoms. The van der Waals surface area contributed by atoms with E-state index >= 15 is 0 Å². The molecule has 0 N–H and O–H groups in total. The zero-order valence-electron chi connectivity index (χ0n) is 16.5. The molecule has 4 rings (SSSR count). The summed E-state index contributed by atoms with van der Waals surface area (Å²) in [5.41, 5.74) is 7.36. The van der Waals surface area contributed by atoms with Crippen molar-refractivity contribution in [2.24, 2.45) is 0 Å². The Morgan fingerprint density at radius 3 is 2.00 bits per heavy atom. The molecule has 0 spiro atoms. The highest BCUT2D eigenvalue weighted by Crippen LogP contribution is 2.32. The fraction of sp³-hybridized carbons (Fsp3) is 0.182. The predicted molar refractivity (Wildman–Crippen MR) is 112 cm³/mol. The highest BCUT2D eigenvalue weighted by atomic mass is 16.6. The van der Waals surface area contributed by atoms with Crippen molar-refractivity contribution in [3.05, 3.63) is 87.6 Å². The van der Waals surface area contributed by atoms with Gasteiger partial charge in [-0.1, -0.05) is 59.7 Å². The second-order valence-corrected chi connectivity index (χ2v) is 7.17. The normalized spacial score (nSPS) is 11.0. The monoisotopic (exact) mass is 387 g/mol. The third-order valence-corrected chi connectivity index (χ3v) is 4.93. The van der Waals surface area contributed by atoms with E-state index in [0.29, 0.717) is 0 Å². The highest BCUT2D eigenvalue weighted by molar-refractivity contribution is 5.74. The summed E-state index contributed by atoms with van der Waals surface area (Å²) in [4.78, 5) is 10.5. The molecule has 0 aliphatic carbocycles. The minimum Gasteiger partial charge on any atom is -0.358 e. The number of benzene rings is 2. The molecule has 2 aromatic carbocycles. The van der Waals surface area contributed by atoms with Crippen LogP contribution in [-0.2, 0) is 6.67 Å². The molecule has 0 saturated heterocycles. The van der Waals surface area contributed by atoms with Gasteiger partial charge in [-0.3, -0.25) is 0 Å². The van der Waals surface area contributed by atoms with Gasteiger partial charge >= 0.3 is 5.82 Å². The maximum Gasteiger partial charge on any atom is 0.389 e. The van der Waals surface area contributed by atoms with Gasteiger partial charge in [0.1, 0.15) is 0 Å². The molecular formula is C22H21N5O2. The second kappa shape index (κ2) is 7.35. The van der Waals surface area contributed by atoms with Gasteiger partial charge < -0.3 is 10.1 Å². The Bertz CT molecular complexity index is 1170. The van der Waals surface area contributed by atoms with Crippen molar-refractivity contribution in [3.63, 3.8) is 0 Å². The van der Waals surface area contributed by atoms with E-state index in [9.17, 15) is 10.1 Å². The van der Waals surface area contributed by atoms with Crippen LogP contribution in [0.15, 0.2) is 60.8 Å². The standard InChI is InChI=1S/C22H21N5O2/c1-15-4-8-18(9-5-15)21-17(3)22(19-10-6-16(2)7-11-19)26(24-21)14-25-13-12-20(23-25)27(28)29/h4-13H,14H2,1-3H3. The topological polar surface area (TPSA) is 78.8 Å². The number of aromatic nitrogens is 4. The molecule has 0 saturated carbocycles.